The molecule has 0 unspecified atom stereocenters. The van der Waals surface area contributed by atoms with Crippen LogP contribution in [0.1, 0.15) is 17.3 Å². The second-order valence-electron chi connectivity index (χ2n) is 4.61. The van der Waals surface area contributed by atoms with Gasteiger partial charge >= 0.3 is 0 Å². The Balaban J connectivity index is 2.20. The summed E-state index contributed by atoms with van der Waals surface area (Å²) < 4.78 is 17.2. The van der Waals surface area contributed by atoms with Crippen molar-refractivity contribution < 1.29 is 9.18 Å². The minimum atomic E-state index is -0.346. The van der Waals surface area contributed by atoms with E-state index in [9.17, 15) is 9.18 Å². The normalized spacial score (nSPS) is 12.0. The minimum absolute atomic E-state index is 0.301. The van der Waals surface area contributed by atoms with Crippen molar-refractivity contribution in [2.45, 2.75) is 13.5 Å². The van der Waals surface area contributed by atoms with Crippen LogP contribution in [0.4, 0.5) is 4.39 Å². The van der Waals surface area contributed by atoms with Gasteiger partial charge in [-0.25, -0.2) is 4.39 Å². The molecule has 0 aliphatic rings. The SMILES string of the molecule is CCn1c(=NC(=O)c2ccccc2Br)sc2cccc(F)c21. The number of hydrogen-bond donors (Lipinski definition) is 0. The van der Waals surface area contributed by atoms with Crippen molar-refractivity contribution in [3.8, 4) is 0 Å². The summed E-state index contributed by atoms with van der Waals surface area (Å²) in [5.41, 5.74) is 0.983. The molecule has 112 valence electrons. The largest absolute Gasteiger partial charge is 0.314 e. The molecule has 3 rings (SSSR count). The van der Waals surface area contributed by atoms with E-state index in [1.54, 1.807) is 28.8 Å². The van der Waals surface area contributed by atoms with E-state index in [1.165, 1.54) is 17.4 Å². The Labute approximate surface area is 138 Å². The Hall–Kier alpha value is -1.79. The van der Waals surface area contributed by atoms with Crippen molar-refractivity contribution in [3.63, 3.8) is 0 Å². The smallest absolute Gasteiger partial charge is 0.280 e. The summed E-state index contributed by atoms with van der Waals surface area (Å²) in [4.78, 5) is 17.1. The predicted molar refractivity (Wildman–Crippen MR) is 89.5 cm³/mol. The molecule has 0 aliphatic heterocycles. The summed E-state index contributed by atoms with van der Waals surface area (Å²) >= 11 is 4.66. The predicted octanol–water partition coefficient (Wildman–Crippen LogP) is 4.37. The molecule has 3 aromatic rings. The maximum atomic E-state index is 14.0. The van der Waals surface area contributed by atoms with E-state index in [0.29, 0.717) is 26.9 Å². The highest BCUT2D eigenvalue weighted by atomic mass is 79.9. The van der Waals surface area contributed by atoms with Crippen LogP contribution in [0, 0.1) is 5.82 Å². The van der Waals surface area contributed by atoms with Gasteiger partial charge in [0.2, 0.25) is 0 Å². The van der Waals surface area contributed by atoms with Gasteiger partial charge in [0.1, 0.15) is 5.82 Å². The molecule has 0 saturated carbocycles. The van der Waals surface area contributed by atoms with Crippen molar-refractivity contribution in [1.29, 1.82) is 0 Å². The molecule has 0 spiro atoms. The molecule has 0 aliphatic carbocycles. The summed E-state index contributed by atoms with van der Waals surface area (Å²) in [5, 5.41) is 0. The first-order valence-electron chi connectivity index (χ1n) is 6.73. The van der Waals surface area contributed by atoms with Gasteiger partial charge in [-0.15, -0.1) is 0 Å². The highest BCUT2D eigenvalue weighted by Gasteiger charge is 2.12. The maximum absolute atomic E-state index is 14.0. The Kier molecular flexibility index (Phi) is 4.22. The zero-order chi connectivity index (χ0) is 15.7. The van der Waals surface area contributed by atoms with E-state index in [2.05, 4.69) is 20.9 Å². The zero-order valence-corrected chi connectivity index (χ0v) is 14.1. The molecule has 0 N–H and O–H groups in total. The van der Waals surface area contributed by atoms with Crippen LogP contribution in [0.5, 0.6) is 0 Å². The summed E-state index contributed by atoms with van der Waals surface area (Å²) in [6.45, 7) is 2.45. The molecule has 6 heteroatoms. The van der Waals surface area contributed by atoms with Gasteiger partial charge in [0, 0.05) is 11.0 Å². The number of aromatic nitrogens is 1. The molecule has 0 radical (unpaired) electrons. The summed E-state index contributed by atoms with van der Waals surface area (Å²) in [6.07, 6.45) is 0. The fraction of sp³-hybridized carbons (Fsp3) is 0.125. The molecule has 1 heterocycles. The first-order valence-corrected chi connectivity index (χ1v) is 8.34. The number of carbonyl (C=O) groups excluding carboxylic acids is 1. The Morgan fingerprint density at radius 2 is 2.05 bits per heavy atom. The number of carbonyl (C=O) groups is 1. The van der Waals surface area contributed by atoms with Gasteiger partial charge < -0.3 is 4.57 Å². The fourth-order valence-electron chi connectivity index (χ4n) is 2.25. The first kappa shape index (κ1) is 15.1. The molecule has 0 bridgehead atoms. The van der Waals surface area contributed by atoms with Crippen molar-refractivity contribution in [2.75, 3.05) is 0 Å². The van der Waals surface area contributed by atoms with Crippen LogP contribution < -0.4 is 4.80 Å². The number of fused-ring (bicyclic) bond motifs is 1. The lowest BCUT2D eigenvalue weighted by Crippen LogP contribution is -2.16. The Bertz CT molecular complexity index is 929. The van der Waals surface area contributed by atoms with Gasteiger partial charge in [0.25, 0.3) is 5.91 Å². The highest BCUT2D eigenvalue weighted by molar-refractivity contribution is 9.10. The lowest BCUT2D eigenvalue weighted by molar-refractivity contribution is 0.0997. The van der Waals surface area contributed by atoms with Gasteiger partial charge in [-0.3, -0.25) is 4.79 Å². The van der Waals surface area contributed by atoms with Crippen LogP contribution in [0.15, 0.2) is 51.9 Å². The molecule has 3 nitrogen and oxygen atoms in total. The third-order valence-electron chi connectivity index (χ3n) is 3.27. The molecule has 0 saturated heterocycles. The van der Waals surface area contributed by atoms with Crippen LogP contribution >= 0.6 is 27.3 Å². The van der Waals surface area contributed by atoms with Crippen molar-refractivity contribution >= 4 is 43.4 Å². The molecule has 1 amide bonds. The lowest BCUT2D eigenvalue weighted by Gasteiger charge is -2.01. The van der Waals surface area contributed by atoms with Crippen LogP contribution in [-0.2, 0) is 6.54 Å². The first-order chi connectivity index (χ1) is 10.6. The maximum Gasteiger partial charge on any atom is 0.280 e. The average Bonchev–Trinajstić information content (AvgIpc) is 2.86. The van der Waals surface area contributed by atoms with E-state index in [0.717, 1.165) is 4.70 Å². The van der Waals surface area contributed by atoms with Gasteiger partial charge in [-0.05, 0) is 47.1 Å². The zero-order valence-electron chi connectivity index (χ0n) is 11.7. The standard InChI is InChI=1S/C16H12BrFN2OS/c1-2-20-14-12(18)8-5-9-13(14)22-16(20)19-15(21)10-6-3-4-7-11(10)17/h3-9H,2H2,1H3. The molecule has 0 fully saturated rings. The summed E-state index contributed by atoms with van der Waals surface area (Å²) in [5.74, 6) is -0.646. The molecular formula is C16H12BrFN2OS. The van der Waals surface area contributed by atoms with Crippen LogP contribution in [0.25, 0.3) is 10.2 Å². The van der Waals surface area contributed by atoms with Gasteiger partial charge in [-0.1, -0.05) is 29.5 Å². The third-order valence-corrected chi connectivity index (χ3v) is 5.00. The number of rotatable bonds is 2. The number of para-hydroxylation sites is 1. The Morgan fingerprint density at radius 1 is 1.27 bits per heavy atom. The summed E-state index contributed by atoms with van der Waals surface area (Å²) in [6, 6.07) is 12.0. The summed E-state index contributed by atoms with van der Waals surface area (Å²) in [7, 11) is 0. The molecule has 0 atom stereocenters. The Morgan fingerprint density at radius 3 is 2.77 bits per heavy atom. The lowest BCUT2D eigenvalue weighted by atomic mass is 10.2. The number of hydrogen-bond acceptors (Lipinski definition) is 2. The number of halogens is 2. The second kappa shape index (κ2) is 6.14. The third kappa shape index (κ3) is 2.64. The number of amides is 1. The fourth-order valence-corrected chi connectivity index (χ4v) is 3.81. The molecule has 22 heavy (non-hydrogen) atoms. The van der Waals surface area contributed by atoms with E-state index in [1.807, 2.05) is 19.1 Å². The molecule has 1 aromatic heterocycles. The number of thiazole rings is 1. The molecule has 2 aromatic carbocycles. The van der Waals surface area contributed by atoms with E-state index >= 15 is 0 Å². The van der Waals surface area contributed by atoms with E-state index < -0.39 is 0 Å². The average molecular weight is 379 g/mol. The number of nitrogens with zero attached hydrogens (tertiary/aromatic N) is 2. The number of aryl methyl sites for hydroxylation is 1. The van der Waals surface area contributed by atoms with Crippen LogP contribution in [-0.4, -0.2) is 10.5 Å². The number of benzene rings is 2. The quantitative estimate of drug-likeness (QED) is 0.651. The van der Waals surface area contributed by atoms with E-state index in [4.69, 9.17) is 0 Å². The topological polar surface area (TPSA) is 34.4 Å². The minimum Gasteiger partial charge on any atom is -0.314 e. The van der Waals surface area contributed by atoms with Crippen molar-refractivity contribution in [2.24, 2.45) is 4.99 Å². The van der Waals surface area contributed by atoms with Gasteiger partial charge in [0.15, 0.2) is 4.80 Å². The molecular weight excluding hydrogens is 367 g/mol. The van der Waals surface area contributed by atoms with Crippen molar-refractivity contribution in [1.82, 2.24) is 4.57 Å². The second-order valence-corrected chi connectivity index (χ2v) is 6.48. The van der Waals surface area contributed by atoms with Crippen LogP contribution in [0.2, 0.25) is 0 Å². The van der Waals surface area contributed by atoms with Crippen molar-refractivity contribution in [3.05, 3.63) is 63.1 Å². The van der Waals surface area contributed by atoms with Crippen LogP contribution in [0.3, 0.4) is 0 Å². The van der Waals surface area contributed by atoms with Gasteiger partial charge in [-0.2, -0.15) is 4.99 Å². The van der Waals surface area contributed by atoms with E-state index in [-0.39, 0.29) is 11.7 Å². The highest BCUT2D eigenvalue weighted by Crippen LogP contribution is 2.21. The van der Waals surface area contributed by atoms with Gasteiger partial charge in [0.05, 0.1) is 15.8 Å². The monoisotopic (exact) mass is 378 g/mol.